The van der Waals surface area contributed by atoms with Crippen LogP contribution in [0, 0.1) is 10.1 Å². The van der Waals surface area contributed by atoms with Gasteiger partial charge < -0.3 is 10.5 Å². The molecule has 0 aliphatic heterocycles. The van der Waals surface area contributed by atoms with E-state index in [0.717, 1.165) is 0 Å². The highest BCUT2D eigenvalue weighted by molar-refractivity contribution is 5.97. The number of carbonyl (C=O) groups is 1. The summed E-state index contributed by atoms with van der Waals surface area (Å²) in [5, 5.41) is 10.8. The first-order chi connectivity index (χ1) is 8.40. The number of hydrogen-bond acceptors (Lipinski definition) is 6. The second kappa shape index (κ2) is 5.34. The summed E-state index contributed by atoms with van der Waals surface area (Å²) in [5.41, 5.74) is 2.52. The first-order valence-electron chi connectivity index (χ1n) is 4.78. The van der Waals surface area contributed by atoms with Crippen LogP contribution in [0.5, 0.6) is 0 Å². The van der Waals surface area contributed by atoms with E-state index in [-0.39, 0.29) is 6.61 Å². The largest absolute Gasteiger partial charge is 0.462 e. The summed E-state index contributed by atoms with van der Waals surface area (Å²) in [7, 11) is 0. The van der Waals surface area contributed by atoms with Crippen LogP contribution >= 0.6 is 0 Å². The van der Waals surface area contributed by atoms with Gasteiger partial charge in [-0.05, 0) is 6.92 Å². The molecule has 0 saturated heterocycles. The third kappa shape index (κ3) is 2.50. The molecule has 1 heterocycles. The molecule has 0 aliphatic carbocycles. The third-order valence-electron chi connectivity index (χ3n) is 2.01. The second-order valence-electron chi connectivity index (χ2n) is 3.10. The van der Waals surface area contributed by atoms with Crippen LogP contribution in [0.2, 0.25) is 0 Å². The first kappa shape index (κ1) is 13.7. The van der Waals surface area contributed by atoms with Crippen LogP contribution in [-0.2, 0) is 4.74 Å². The second-order valence-corrected chi connectivity index (χ2v) is 3.10. The van der Waals surface area contributed by atoms with Crippen molar-refractivity contribution in [2.75, 3.05) is 12.3 Å². The molecule has 98 valence electrons. The molecular weight excluding hydrogens is 252 g/mol. The zero-order chi connectivity index (χ0) is 13.9. The zero-order valence-electron chi connectivity index (χ0n) is 9.22. The Bertz CT molecular complexity index is 493. The number of anilines is 1. The number of nitro groups is 1. The summed E-state index contributed by atoms with van der Waals surface area (Å²) in [6, 6.07) is 0. The number of nitrogens with two attached hydrogens (primary N) is 1. The SMILES string of the molecule is CCOC(=O)c1c(C(F)F)cnc(N)c1[N+](=O)[O-]. The Kier molecular flexibility index (Phi) is 4.08. The van der Waals surface area contributed by atoms with E-state index in [1.165, 1.54) is 6.92 Å². The lowest BCUT2D eigenvalue weighted by Crippen LogP contribution is -2.14. The number of hydrogen-bond donors (Lipinski definition) is 1. The number of halogens is 2. The number of pyridine rings is 1. The number of esters is 1. The molecule has 0 aromatic carbocycles. The van der Waals surface area contributed by atoms with Crippen LogP contribution in [0.4, 0.5) is 20.3 Å². The lowest BCUT2D eigenvalue weighted by Gasteiger charge is -2.09. The number of aromatic nitrogens is 1. The number of rotatable bonds is 4. The van der Waals surface area contributed by atoms with Gasteiger partial charge in [-0.15, -0.1) is 0 Å². The van der Waals surface area contributed by atoms with Gasteiger partial charge in [-0.2, -0.15) is 0 Å². The molecule has 0 unspecified atom stereocenters. The summed E-state index contributed by atoms with van der Waals surface area (Å²) < 4.78 is 29.9. The fourth-order valence-electron chi connectivity index (χ4n) is 1.30. The summed E-state index contributed by atoms with van der Waals surface area (Å²) >= 11 is 0. The number of ether oxygens (including phenoxy) is 1. The van der Waals surface area contributed by atoms with E-state index in [9.17, 15) is 23.7 Å². The molecule has 0 fully saturated rings. The third-order valence-corrected chi connectivity index (χ3v) is 2.01. The van der Waals surface area contributed by atoms with Crippen LogP contribution in [0.3, 0.4) is 0 Å². The molecule has 2 N–H and O–H groups in total. The van der Waals surface area contributed by atoms with Crippen molar-refractivity contribution in [2.45, 2.75) is 13.3 Å². The van der Waals surface area contributed by atoms with Crippen molar-refractivity contribution in [3.63, 3.8) is 0 Å². The Hall–Kier alpha value is -2.32. The van der Waals surface area contributed by atoms with Gasteiger partial charge in [0.25, 0.3) is 6.43 Å². The molecule has 0 aliphatic rings. The Labute approximate surface area is 99.7 Å². The molecule has 1 aromatic heterocycles. The Morgan fingerprint density at radius 2 is 2.28 bits per heavy atom. The summed E-state index contributed by atoms with van der Waals surface area (Å²) in [4.78, 5) is 24.5. The molecule has 0 atom stereocenters. The van der Waals surface area contributed by atoms with Crippen molar-refractivity contribution in [2.24, 2.45) is 0 Å². The maximum absolute atomic E-state index is 12.7. The monoisotopic (exact) mass is 261 g/mol. The minimum Gasteiger partial charge on any atom is -0.462 e. The van der Waals surface area contributed by atoms with E-state index in [0.29, 0.717) is 6.20 Å². The summed E-state index contributed by atoms with van der Waals surface area (Å²) in [5.74, 6) is -1.85. The van der Waals surface area contributed by atoms with Crippen molar-refractivity contribution in [3.8, 4) is 0 Å². The van der Waals surface area contributed by atoms with E-state index in [2.05, 4.69) is 9.72 Å². The molecule has 1 rings (SSSR count). The highest BCUT2D eigenvalue weighted by atomic mass is 19.3. The van der Waals surface area contributed by atoms with Crippen molar-refractivity contribution in [1.82, 2.24) is 4.98 Å². The normalized spacial score (nSPS) is 10.4. The van der Waals surface area contributed by atoms with Gasteiger partial charge in [-0.25, -0.2) is 18.6 Å². The van der Waals surface area contributed by atoms with Gasteiger partial charge in [0.05, 0.1) is 17.1 Å². The number of carbonyl (C=O) groups excluding carboxylic acids is 1. The standard InChI is InChI=1S/C9H9F2N3O4/c1-2-18-9(15)5-4(7(10)11)3-13-8(12)6(5)14(16)17/h3,7H,2H2,1H3,(H2,12,13). The minimum absolute atomic E-state index is 0.110. The molecule has 0 amide bonds. The van der Waals surface area contributed by atoms with Crippen LogP contribution in [0.1, 0.15) is 29.3 Å². The number of alkyl halides is 2. The fraction of sp³-hybridized carbons (Fsp3) is 0.333. The van der Waals surface area contributed by atoms with Gasteiger partial charge in [-0.3, -0.25) is 10.1 Å². The van der Waals surface area contributed by atoms with Crippen molar-refractivity contribution in [1.29, 1.82) is 0 Å². The van der Waals surface area contributed by atoms with Crippen molar-refractivity contribution in [3.05, 3.63) is 27.4 Å². The molecule has 0 radical (unpaired) electrons. The average molecular weight is 261 g/mol. The van der Waals surface area contributed by atoms with E-state index in [1.54, 1.807) is 0 Å². The van der Waals surface area contributed by atoms with Crippen LogP contribution < -0.4 is 5.73 Å². The molecule has 1 aromatic rings. The maximum Gasteiger partial charge on any atom is 0.345 e. The van der Waals surface area contributed by atoms with Gasteiger partial charge >= 0.3 is 11.7 Å². The Balaban J connectivity index is 3.53. The first-order valence-corrected chi connectivity index (χ1v) is 4.78. The Morgan fingerprint density at radius 1 is 1.67 bits per heavy atom. The fourth-order valence-corrected chi connectivity index (χ4v) is 1.30. The van der Waals surface area contributed by atoms with E-state index < -0.39 is 40.0 Å². The quantitative estimate of drug-likeness (QED) is 0.501. The molecule has 18 heavy (non-hydrogen) atoms. The van der Waals surface area contributed by atoms with Gasteiger partial charge in [0.1, 0.15) is 0 Å². The van der Waals surface area contributed by atoms with E-state index >= 15 is 0 Å². The van der Waals surface area contributed by atoms with Gasteiger partial charge in [-0.1, -0.05) is 0 Å². The highest BCUT2D eigenvalue weighted by Gasteiger charge is 2.32. The molecule has 0 saturated carbocycles. The molecule has 0 bridgehead atoms. The molecule has 0 spiro atoms. The van der Waals surface area contributed by atoms with E-state index in [1.807, 2.05) is 0 Å². The highest BCUT2D eigenvalue weighted by Crippen LogP contribution is 2.33. The van der Waals surface area contributed by atoms with E-state index in [4.69, 9.17) is 5.73 Å². The summed E-state index contributed by atoms with van der Waals surface area (Å²) in [6.45, 7) is 1.33. The average Bonchev–Trinajstić information content (AvgIpc) is 2.27. The topological polar surface area (TPSA) is 108 Å². The van der Waals surface area contributed by atoms with Crippen LogP contribution in [-0.4, -0.2) is 22.5 Å². The molecule has 9 heteroatoms. The predicted octanol–water partition coefficient (Wildman–Crippen LogP) is 1.69. The predicted molar refractivity (Wildman–Crippen MR) is 56.2 cm³/mol. The Morgan fingerprint density at radius 3 is 2.72 bits per heavy atom. The zero-order valence-corrected chi connectivity index (χ0v) is 9.22. The number of nitrogens with zero attached hydrogens (tertiary/aromatic N) is 2. The smallest absolute Gasteiger partial charge is 0.345 e. The summed E-state index contributed by atoms with van der Waals surface area (Å²) in [6.07, 6.45) is -2.48. The van der Waals surface area contributed by atoms with Gasteiger partial charge in [0.2, 0.25) is 5.82 Å². The molecular formula is C9H9F2N3O4. The lowest BCUT2D eigenvalue weighted by atomic mass is 10.1. The van der Waals surface area contributed by atoms with Crippen molar-refractivity contribution < 1.29 is 23.2 Å². The van der Waals surface area contributed by atoms with Crippen LogP contribution in [0.25, 0.3) is 0 Å². The van der Waals surface area contributed by atoms with Gasteiger partial charge in [0.15, 0.2) is 5.56 Å². The molecule has 7 nitrogen and oxygen atoms in total. The van der Waals surface area contributed by atoms with Gasteiger partial charge in [0, 0.05) is 6.20 Å². The van der Waals surface area contributed by atoms with Crippen molar-refractivity contribution >= 4 is 17.5 Å². The lowest BCUT2D eigenvalue weighted by molar-refractivity contribution is -0.384. The van der Waals surface area contributed by atoms with Crippen LogP contribution in [0.15, 0.2) is 6.20 Å². The maximum atomic E-state index is 12.7. The minimum atomic E-state index is -3.10. The number of nitrogen functional groups attached to an aromatic ring is 1.